The van der Waals surface area contributed by atoms with Crippen LogP contribution in [0.25, 0.3) is 0 Å². The van der Waals surface area contributed by atoms with Gasteiger partial charge in [0.15, 0.2) is 0 Å². The van der Waals surface area contributed by atoms with E-state index in [1.54, 1.807) is 0 Å². The maximum atomic E-state index is 9.63. The van der Waals surface area contributed by atoms with Crippen LogP contribution in [0.5, 0.6) is 0 Å². The second-order valence-electron chi connectivity index (χ2n) is 3.24. The minimum atomic E-state index is 0.0556. The summed E-state index contributed by atoms with van der Waals surface area (Å²) in [5.74, 6) is 1.23. The van der Waals surface area contributed by atoms with Crippen molar-refractivity contribution in [1.29, 1.82) is 0 Å². The van der Waals surface area contributed by atoms with Crippen molar-refractivity contribution in [1.82, 2.24) is 0 Å². The van der Waals surface area contributed by atoms with E-state index in [0.29, 0.717) is 5.92 Å². The molecule has 0 radical (unpaired) electrons. The van der Waals surface area contributed by atoms with E-state index in [2.05, 4.69) is 13.8 Å². The Morgan fingerprint density at radius 2 is 1.30 bits per heavy atom. The molecule has 0 unspecified atom stereocenters. The fraction of sp³-hybridized carbons (Fsp3) is 1.00. The van der Waals surface area contributed by atoms with Gasteiger partial charge in [0.2, 0.25) is 0 Å². The molecule has 2 heteroatoms. The summed E-state index contributed by atoms with van der Waals surface area (Å²) in [6.07, 6.45) is 0. The fourth-order valence-corrected chi connectivity index (χ4v) is 0. The van der Waals surface area contributed by atoms with E-state index in [-0.39, 0.29) is 6.61 Å². The van der Waals surface area contributed by atoms with Gasteiger partial charge < -0.3 is 5.11 Å². The van der Waals surface area contributed by atoms with Gasteiger partial charge >= 0.3 is 46.0 Å². The van der Waals surface area contributed by atoms with Gasteiger partial charge in [-0.05, 0) is 0 Å². The van der Waals surface area contributed by atoms with Crippen molar-refractivity contribution < 1.29 is 5.11 Å². The minimum absolute atomic E-state index is 0.0556. The van der Waals surface area contributed by atoms with Gasteiger partial charge in [-0.1, -0.05) is 19.8 Å². The summed E-state index contributed by atoms with van der Waals surface area (Å²) in [5, 5.41) is 9.63. The summed E-state index contributed by atoms with van der Waals surface area (Å²) in [6.45, 7) is 8.33. The van der Waals surface area contributed by atoms with Gasteiger partial charge in [0.1, 0.15) is 0 Å². The van der Waals surface area contributed by atoms with E-state index in [9.17, 15) is 5.11 Å². The van der Waals surface area contributed by atoms with Crippen LogP contribution in [0.3, 0.4) is 0 Å². The number of hydrogen-bond acceptors (Lipinski definition) is 1. The Kier molecular flexibility index (Phi) is 13.0. The van der Waals surface area contributed by atoms with Gasteiger partial charge in [0.25, 0.3) is 0 Å². The molecule has 10 heavy (non-hydrogen) atoms. The average Bonchev–Trinajstić information content (AvgIpc) is 1.89. The van der Waals surface area contributed by atoms with Crippen LogP contribution in [0.4, 0.5) is 0 Å². The van der Waals surface area contributed by atoms with Crippen molar-refractivity contribution in [2.75, 3.05) is 6.61 Å². The zero-order valence-electron chi connectivity index (χ0n) is 7.68. The summed E-state index contributed by atoms with van der Waals surface area (Å²) in [5.41, 5.74) is 0. The van der Waals surface area contributed by atoms with Crippen LogP contribution in [0.15, 0.2) is 0 Å². The standard InChI is InChI=1S/C4H9O.C4H9.Mg/c1-4(2)3-5;1-4(2)3;/h4H,3H2,1-2H3;4H,1H2,2-3H3;/q-1;;+1. The van der Waals surface area contributed by atoms with Crippen LogP contribution in [-0.4, -0.2) is 28.3 Å². The Labute approximate surface area is 77.6 Å². The predicted octanol–water partition coefficient (Wildman–Crippen LogP) is 1.23. The van der Waals surface area contributed by atoms with Crippen molar-refractivity contribution in [3.63, 3.8) is 0 Å². The molecule has 0 amide bonds. The third-order valence-electron chi connectivity index (χ3n) is 0.911. The molecule has 0 aromatic heterocycles. The zero-order chi connectivity index (χ0) is 8.57. The van der Waals surface area contributed by atoms with Gasteiger partial charge in [-0.2, -0.15) is 0 Å². The SMILES string of the molecule is CC(C)C[O-].CC(C)[CH2][Mg+]. The van der Waals surface area contributed by atoms with Crippen LogP contribution in [0, 0.1) is 11.8 Å². The molecular weight excluding hydrogens is 136 g/mol. The van der Waals surface area contributed by atoms with Gasteiger partial charge in [-0.3, -0.25) is 0 Å². The Hall–Kier alpha value is 0.726. The molecule has 0 aromatic rings. The summed E-state index contributed by atoms with van der Waals surface area (Å²) >= 11 is 2.03. The van der Waals surface area contributed by atoms with Crippen LogP contribution < -0.4 is 5.11 Å². The van der Waals surface area contributed by atoms with Crippen LogP contribution >= 0.6 is 0 Å². The third-order valence-corrected chi connectivity index (χ3v) is 2.07. The van der Waals surface area contributed by atoms with Crippen LogP contribution in [-0.2, 0) is 0 Å². The van der Waals surface area contributed by atoms with Crippen LogP contribution in [0.2, 0.25) is 4.55 Å². The molecule has 0 saturated heterocycles. The van der Waals surface area contributed by atoms with E-state index in [0.717, 1.165) is 5.92 Å². The maximum absolute atomic E-state index is 9.63. The second-order valence-corrected chi connectivity index (χ2v) is 3.82. The molecular formula is C8H18MgO. The molecule has 0 aliphatic rings. The predicted molar refractivity (Wildman–Crippen MR) is 45.1 cm³/mol. The Morgan fingerprint density at radius 3 is 1.30 bits per heavy atom. The van der Waals surface area contributed by atoms with E-state index in [4.69, 9.17) is 0 Å². The van der Waals surface area contributed by atoms with E-state index < -0.39 is 0 Å². The first-order valence-corrected chi connectivity index (χ1v) is 4.91. The molecule has 0 aliphatic carbocycles. The molecule has 0 N–H and O–H groups in total. The summed E-state index contributed by atoms with van der Waals surface area (Å²) in [4.78, 5) is 0. The van der Waals surface area contributed by atoms with Gasteiger partial charge in [0.05, 0.1) is 0 Å². The summed E-state index contributed by atoms with van der Waals surface area (Å²) in [7, 11) is 0. The Balaban J connectivity index is 0. The molecule has 0 heterocycles. The van der Waals surface area contributed by atoms with Gasteiger partial charge in [-0.15, -0.1) is 6.61 Å². The van der Waals surface area contributed by atoms with Gasteiger partial charge in [0, 0.05) is 0 Å². The van der Waals surface area contributed by atoms with Crippen molar-refractivity contribution in [3.05, 3.63) is 0 Å². The molecule has 0 aromatic carbocycles. The van der Waals surface area contributed by atoms with E-state index in [1.807, 2.05) is 35.6 Å². The fourth-order valence-electron chi connectivity index (χ4n) is 0. The first kappa shape index (κ1) is 13.3. The van der Waals surface area contributed by atoms with Crippen molar-refractivity contribution in [2.24, 2.45) is 11.8 Å². The molecule has 0 aliphatic heterocycles. The first-order chi connectivity index (χ1) is 4.54. The Morgan fingerprint density at radius 1 is 1.10 bits per heavy atom. The molecule has 0 rings (SSSR count). The monoisotopic (exact) mass is 154 g/mol. The second kappa shape index (κ2) is 9.73. The normalized spacial score (nSPS) is 9.70. The van der Waals surface area contributed by atoms with E-state index in [1.165, 1.54) is 4.55 Å². The van der Waals surface area contributed by atoms with Crippen LogP contribution in [0.1, 0.15) is 27.7 Å². The molecule has 0 atom stereocenters. The van der Waals surface area contributed by atoms with Gasteiger partial charge in [-0.25, -0.2) is 0 Å². The molecule has 58 valence electrons. The molecule has 0 fully saturated rings. The van der Waals surface area contributed by atoms with Crippen molar-refractivity contribution in [3.8, 4) is 0 Å². The molecule has 0 spiro atoms. The number of rotatable bonds is 2. The molecule has 0 saturated carbocycles. The first-order valence-electron chi connectivity index (χ1n) is 3.91. The number of hydrogen-bond donors (Lipinski definition) is 0. The molecule has 0 bridgehead atoms. The van der Waals surface area contributed by atoms with Crippen molar-refractivity contribution >= 4 is 21.7 Å². The van der Waals surface area contributed by atoms with Crippen molar-refractivity contribution in [2.45, 2.75) is 32.2 Å². The summed E-state index contributed by atoms with van der Waals surface area (Å²) < 4.78 is 1.33. The Bertz CT molecular complexity index is 45.2. The molecule has 1 nitrogen and oxygen atoms in total. The van der Waals surface area contributed by atoms with E-state index >= 15 is 0 Å². The third kappa shape index (κ3) is 23.3. The quantitative estimate of drug-likeness (QED) is 0.549. The average molecular weight is 155 g/mol. The zero-order valence-corrected chi connectivity index (χ0v) is 9.10. The summed E-state index contributed by atoms with van der Waals surface area (Å²) in [6, 6.07) is 0. The topological polar surface area (TPSA) is 23.1 Å².